The third-order valence-corrected chi connectivity index (χ3v) is 6.71. The molecule has 0 bridgehead atoms. The van der Waals surface area contributed by atoms with Crippen LogP contribution in [0, 0.1) is 5.41 Å². The lowest BCUT2D eigenvalue weighted by Gasteiger charge is -2.47. The van der Waals surface area contributed by atoms with Gasteiger partial charge in [-0.15, -0.1) is 0 Å². The molecule has 0 N–H and O–H groups in total. The Hall–Kier alpha value is -1.92. The van der Waals surface area contributed by atoms with E-state index >= 15 is 0 Å². The zero-order valence-electron chi connectivity index (χ0n) is 17.2. The quantitative estimate of drug-likeness (QED) is 0.737. The first-order valence-corrected chi connectivity index (χ1v) is 10.9. The van der Waals surface area contributed by atoms with Gasteiger partial charge in [0.15, 0.2) is 0 Å². The standard InChI is InChI=1S/C23H32N2O4/c26-21-8-9-23(18-25(21)15-20-7-4-14-29-20)10-12-24(13-11-23)22(27)17-28-16-19-5-2-1-3-6-19/h1-3,5-6,20H,4,7-18H2/t20-/m0/s1. The first kappa shape index (κ1) is 20.4. The summed E-state index contributed by atoms with van der Waals surface area (Å²) in [4.78, 5) is 28.9. The van der Waals surface area contributed by atoms with Gasteiger partial charge in [-0.3, -0.25) is 9.59 Å². The summed E-state index contributed by atoms with van der Waals surface area (Å²) in [7, 11) is 0. The summed E-state index contributed by atoms with van der Waals surface area (Å²) in [5, 5.41) is 0. The van der Waals surface area contributed by atoms with Crippen LogP contribution in [0.25, 0.3) is 0 Å². The molecule has 6 heteroatoms. The van der Waals surface area contributed by atoms with E-state index in [1.165, 1.54) is 0 Å². The van der Waals surface area contributed by atoms with Crippen LogP contribution in [0.2, 0.25) is 0 Å². The van der Waals surface area contributed by atoms with Crippen LogP contribution in [0.4, 0.5) is 0 Å². The lowest BCUT2D eigenvalue weighted by atomic mass is 9.72. The maximum Gasteiger partial charge on any atom is 0.248 e. The summed E-state index contributed by atoms with van der Waals surface area (Å²) >= 11 is 0. The zero-order valence-corrected chi connectivity index (χ0v) is 17.2. The van der Waals surface area contributed by atoms with Gasteiger partial charge < -0.3 is 19.3 Å². The van der Waals surface area contributed by atoms with Gasteiger partial charge in [-0.05, 0) is 43.1 Å². The van der Waals surface area contributed by atoms with Crippen molar-refractivity contribution in [2.45, 2.75) is 51.2 Å². The first-order valence-electron chi connectivity index (χ1n) is 10.9. The fourth-order valence-electron chi connectivity index (χ4n) is 4.86. The number of hydrogen-bond acceptors (Lipinski definition) is 4. The molecule has 0 aliphatic carbocycles. The van der Waals surface area contributed by atoms with Gasteiger partial charge in [0.1, 0.15) is 6.61 Å². The topological polar surface area (TPSA) is 59.1 Å². The molecule has 1 aromatic rings. The molecule has 0 saturated carbocycles. The second kappa shape index (κ2) is 9.26. The molecule has 3 saturated heterocycles. The van der Waals surface area contributed by atoms with Crippen LogP contribution in [0.1, 0.15) is 44.1 Å². The maximum absolute atomic E-state index is 12.5. The number of likely N-dealkylation sites (tertiary alicyclic amines) is 2. The fraction of sp³-hybridized carbons (Fsp3) is 0.652. The van der Waals surface area contributed by atoms with Crippen molar-refractivity contribution >= 4 is 11.8 Å². The average molecular weight is 401 g/mol. The molecule has 1 spiro atoms. The van der Waals surface area contributed by atoms with Crippen molar-refractivity contribution in [2.24, 2.45) is 5.41 Å². The molecule has 3 aliphatic rings. The molecule has 0 aromatic heterocycles. The van der Waals surface area contributed by atoms with E-state index in [-0.39, 0.29) is 29.9 Å². The Morgan fingerprint density at radius 3 is 2.69 bits per heavy atom. The smallest absolute Gasteiger partial charge is 0.248 e. The normalized spacial score (nSPS) is 24.3. The lowest BCUT2D eigenvalue weighted by Crippen LogP contribution is -2.54. The molecular weight excluding hydrogens is 368 g/mol. The number of benzene rings is 1. The van der Waals surface area contributed by atoms with Gasteiger partial charge >= 0.3 is 0 Å². The number of carbonyl (C=O) groups is 2. The van der Waals surface area contributed by atoms with Crippen LogP contribution in [0.5, 0.6) is 0 Å². The van der Waals surface area contributed by atoms with E-state index in [1.807, 2.05) is 40.1 Å². The van der Waals surface area contributed by atoms with E-state index < -0.39 is 0 Å². The van der Waals surface area contributed by atoms with Gasteiger partial charge in [0.05, 0.1) is 12.7 Å². The predicted molar refractivity (Wildman–Crippen MR) is 109 cm³/mol. The van der Waals surface area contributed by atoms with Crippen molar-refractivity contribution in [1.29, 1.82) is 0 Å². The van der Waals surface area contributed by atoms with Crippen molar-refractivity contribution in [1.82, 2.24) is 9.80 Å². The van der Waals surface area contributed by atoms with Crippen LogP contribution in [-0.4, -0.2) is 67.1 Å². The van der Waals surface area contributed by atoms with Gasteiger partial charge in [-0.2, -0.15) is 0 Å². The number of ether oxygens (including phenoxy) is 2. The zero-order chi connectivity index (χ0) is 20.1. The highest BCUT2D eigenvalue weighted by Gasteiger charge is 2.42. The van der Waals surface area contributed by atoms with Gasteiger partial charge in [0, 0.05) is 39.2 Å². The number of hydrogen-bond donors (Lipinski definition) is 0. The molecule has 3 heterocycles. The molecular formula is C23H32N2O4. The SMILES string of the molecule is O=C(COCc1ccccc1)N1CCC2(CCC(=O)N(C[C@@H]3CCCO3)C2)CC1. The van der Waals surface area contributed by atoms with Crippen LogP contribution in [-0.2, 0) is 25.7 Å². The highest BCUT2D eigenvalue weighted by molar-refractivity contribution is 5.78. The summed E-state index contributed by atoms with van der Waals surface area (Å²) in [6.07, 6.45) is 5.86. The summed E-state index contributed by atoms with van der Waals surface area (Å²) in [5.41, 5.74) is 1.24. The van der Waals surface area contributed by atoms with E-state index in [4.69, 9.17) is 9.47 Å². The van der Waals surface area contributed by atoms with E-state index in [2.05, 4.69) is 0 Å². The summed E-state index contributed by atoms with van der Waals surface area (Å²) < 4.78 is 11.4. The maximum atomic E-state index is 12.5. The van der Waals surface area contributed by atoms with Crippen LogP contribution in [0.3, 0.4) is 0 Å². The van der Waals surface area contributed by atoms with Gasteiger partial charge in [0.2, 0.25) is 11.8 Å². The molecule has 29 heavy (non-hydrogen) atoms. The van der Waals surface area contributed by atoms with Gasteiger partial charge in [-0.25, -0.2) is 0 Å². The summed E-state index contributed by atoms with van der Waals surface area (Å²) in [6.45, 7) is 4.48. The Labute approximate surface area is 173 Å². The second-order valence-electron chi connectivity index (χ2n) is 8.77. The van der Waals surface area contributed by atoms with Crippen molar-refractivity contribution in [3.8, 4) is 0 Å². The Morgan fingerprint density at radius 1 is 1.17 bits per heavy atom. The van der Waals surface area contributed by atoms with E-state index in [0.717, 1.165) is 70.5 Å². The molecule has 3 aliphatic heterocycles. The third-order valence-electron chi connectivity index (χ3n) is 6.71. The van der Waals surface area contributed by atoms with Crippen molar-refractivity contribution in [2.75, 3.05) is 39.4 Å². The van der Waals surface area contributed by atoms with E-state index in [0.29, 0.717) is 13.0 Å². The van der Waals surface area contributed by atoms with Gasteiger partial charge in [-0.1, -0.05) is 30.3 Å². The predicted octanol–water partition coefficient (Wildman–Crippen LogP) is 2.61. The number of rotatable bonds is 6. The number of piperidine rings is 2. The molecule has 0 radical (unpaired) electrons. The largest absolute Gasteiger partial charge is 0.376 e. The molecule has 3 fully saturated rings. The van der Waals surface area contributed by atoms with Crippen LogP contribution < -0.4 is 0 Å². The lowest BCUT2D eigenvalue weighted by molar-refractivity contribution is -0.145. The number of nitrogens with zero attached hydrogens (tertiary/aromatic N) is 2. The van der Waals surface area contributed by atoms with Crippen LogP contribution >= 0.6 is 0 Å². The Morgan fingerprint density at radius 2 is 1.97 bits per heavy atom. The summed E-state index contributed by atoms with van der Waals surface area (Å²) in [6, 6.07) is 9.92. The van der Waals surface area contributed by atoms with Crippen molar-refractivity contribution < 1.29 is 19.1 Å². The molecule has 1 aromatic carbocycles. The van der Waals surface area contributed by atoms with Gasteiger partial charge in [0.25, 0.3) is 0 Å². The highest BCUT2D eigenvalue weighted by atomic mass is 16.5. The Bertz CT molecular complexity index is 694. The molecule has 2 amide bonds. The van der Waals surface area contributed by atoms with E-state index in [1.54, 1.807) is 0 Å². The second-order valence-corrected chi connectivity index (χ2v) is 8.77. The Balaban J connectivity index is 1.23. The van der Waals surface area contributed by atoms with E-state index in [9.17, 15) is 9.59 Å². The molecule has 6 nitrogen and oxygen atoms in total. The molecule has 4 rings (SSSR count). The minimum absolute atomic E-state index is 0.0684. The number of amides is 2. The monoisotopic (exact) mass is 400 g/mol. The molecule has 0 unspecified atom stereocenters. The summed E-state index contributed by atoms with van der Waals surface area (Å²) in [5.74, 6) is 0.331. The minimum atomic E-state index is 0.0684. The van der Waals surface area contributed by atoms with Crippen LogP contribution in [0.15, 0.2) is 30.3 Å². The number of carbonyl (C=O) groups excluding carboxylic acids is 2. The molecule has 1 atom stereocenters. The van der Waals surface area contributed by atoms with Crippen molar-refractivity contribution in [3.05, 3.63) is 35.9 Å². The van der Waals surface area contributed by atoms with Crippen molar-refractivity contribution in [3.63, 3.8) is 0 Å². The highest BCUT2D eigenvalue weighted by Crippen LogP contribution is 2.40. The average Bonchev–Trinajstić information content (AvgIpc) is 3.25. The molecule has 158 valence electrons. The minimum Gasteiger partial charge on any atom is -0.376 e. The fourth-order valence-corrected chi connectivity index (χ4v) is 4.86. The first-order chi connectivity index (χ1) is 14.1. The Kier molecular flexibility index (Phi) is 6.50. The third kappa shape index (κ3) is 5.17.